The Morgan fingerprint density at radius 1 is 1.29 bits per heavy atom. The highest BCUT2D eigenvalue weighted by molar-refractivity contribution is 14.0. The lowest BCUT2D eigenvalue weighted by molar-refractivity contribution is 0.0888. The molecule has 31 heavy (non-hydrogen) atoms. The first kappa shape index (κ1) is 25.3. The van der Waals surface area contributed by atoms with Gasteiger partial charge in [-0.05, 0) is 44.0 Å². The molecule has 1 atom stereocenters. The summed E-state index contributed by atoms with van der Waals surface area (Å²) in [7, 11) is 1.65. The number of guanidine groups is 1. The lowest BCUT2D eigenvalue weighted by Gasteiger charge is -2.12. The maximum atomic E-state index is 5.74. The highest BCUT2D eigenvalue weighted by Gasteiger charge is 2.15. The van der Waals surface area contributed by atoms with E-state index in [1.54, 1.807) is 7.11 Å². The number of rotatable bonds is 11. The molecule has 1 aliphatic rings. The van der Waals surface area contributed by atoms with E-state index in [1.165, 1.54) is 0 Å². The van der Waals surface area contributed by atoms with Gasteiger partial charge >= 0.3 is 0 Å². The summed E-state index contributed by atoms with van der Waals surface area (Å²) in [6.07, 6.45) is 2.03. The van der Waals surface area contributed by atoms with Gasteiger partial charge in [-0.1, -0.05) is 0 Å². The quantitative estimate of drug-likeness (QED) is 0.173. The number of methoxy groups -OCH3 is 1. The van der Waals surface area contributed by atoms with Gasteiger partial charge in [0, 0.05) is 37.8 Å². The normalized spacial score (nSPS) is 16.1. The van der Waals surface area contributed by atoms with E-state index >= 15 is 0 Å². The summed E-state index contributed by atoms with van der Waals surface area (Å²) in [5, 5.41) is 13.8. The molecule has 3 rings (SSSR count). The van der Waals surface area contributed by atoms with Gasteiger partial charge in [0.1, 0.15) is 18.1 Å². The summed E-state index contributed by atoms with van der Waals surface area (Å²) >= 11 is 0. The summed E-state index contributed by atoms with van der Waals surface area (Å²) in [5.74, 6) is 3.47. The summed E-state index contributed by atoms with van der Waals surface area (Å²) in [6, 6.07) is 7.65. The molecule has 172 valence electrons. The monoisotopic (exact) mass is 544 g/mol. The van der Waals surface area contributed by atoms with E-state index in [1.807, 2.05) is 31.2 Å². The van der Waals surface area contributed by atoms with E-state index in [-0.39, 0.29) is 24.0 Å². The predicted octanol–water partition coefficient (Wildman–Crippen LogP) is 2.60. The van der Waals surface area contributed by atoms with E-state index in [0.29, 0.717) is 24.1 Å². The molecule has 1 unspecified atom stereocenters. The first-order valence-corrected chi connectivity index (χ1v) is 10.5. The van der Waals surface area contributed by atoms with Gasteiger partial charge in [0.2, 0.25) is 0 Å². The van der Waals surface area contributed by atoms with Crippen LogP contribution in [0.2, 0.25) is 0 Å². The molecule has 1 aromatic carbocycles. The Labute approximate surface area is 200 Å². The molecule has 1 aromatic heterocycles. The summed E-state index contributed by atoms with van der Waals surface area (Å²) in [5.41, 5.74) is 0.927. The van der Waals surface area contributed by atoms with Crippen LogP contribution in [0, 0.1) is 5.92 Å². The predicted molar refractivity (Wildman–Crippen MR) is 131 cm³/mol. The first-order chi connectivity index (χ1) is 14.8. The van der Waals surface area contributed by atoms with Crippen molar-refractivity contribution in [2.45, 2.75) is 26.3 Å². The molecule has 10 heteroatoms. The van der Waals surface area contributed by atoms with Gasteiger partial charge in [0.15, 0.2) is 11.8 Å². The molecule has 2 heterocycles. The lowest BCUT2D eigenvalue weighted by atomic mass is 10.1. The molecular weight excluding hydrogens is 511 g/mol. The van der Waals surface area contributed by atoms with Crippen molar-refractivity contribution < 1.29 is 14.2 Å². The van der Waals surface area contributed by atoms with Gasteiger partial charge in [-0.25, -0.2) is 9.98 Å². The highest BCUT2D eigenvalue weighted by Crippen LogP contribution is 2.19. The number of aliphatic imine (C=N–C) groups is 1. The number of aromatic nitrogens is 3. The Kier molecular flexibility index (Phi) is 11.6. The van der Waals surface area contributed by atoms with Crippen LogP contribution in [0.15, 0.2) is 29.3 Å². The third-order valence-corrected chi connectivity index (χ3v) is 4.75. The van der Waals surface area contributed by atoms with E-state index in [2.05, 4.69) is 30.8 Å². The Morgan fingerprint density at radius 2 is 2.13 bits per heavy atom. The zero-order valence-electron chi connectivity index (χ0n) is 18.2. The molecule has 1 saturated heterocycles. The number of H-pyrrole nitrogens is 1. The minimum atomic E-state index is 0. The second kappa shape index (κ2) is 14.2. The van der Waals surface area contributed by atoms with E-state index in [0.717, 1.165) is 69.6 Å². The fourth-order valence-electron chi connectivity index (χ4n) is 3.08. The smallest absolute Gasteiger partial charge is 0.191 e. The molecule has 1 aliphatic heterocycles. The second-order valence-corrected chi connectivity index (χ2v) is 7.11. The fourth-order valence-corrected chi connectivity index (χ4v) is 3.08. The van der Waals surface area contributed by atoms with Gasteiger partial charge in [-0.2, -0.15) is 5.10 Å². The molecule has 0 amide bonds. The zero-order valence-corrected chi connectivity index (χ0v) is 20.6. The Hall–Kier alpha value is -1.92. The third-order valence-electron chi connectivity index (χ3n) is 4.75. The van der Waals surface area contributed by atoms with E-state index in [4.69, 9.17) is 14.2 Å². The average molecular weight is 544 g/mol. The molecule has 0 saturated carbocycles. The molecular formula is C21H33IN6O3. The largest absolute Gasteiger partial charge is 0.497 e. The summed E-state index contributed by atoms with van der Waals surface area (Å²) < 4.78 is 16.3. The maximum absolute atomic E-state index is 5.74. The van der Waals surface area contributed by atoms with Crippen LogP contribution in [-0.4, -0.2) is 67.8 Å². The number of halogens is 1. The number of hydrogen-bond acceptors (Lipinski definition) is 6. The summed E-state index contributed by atoms with van der Waals surface area (Å²) in [6.45, 7) is 7.25. The fraction of sp³-hybridized carbons (Fsp3) is 0.571. The van der Waals surface area contributed by atoms with Crippen molar-refractivity contribution in [3.8, 4) is 17.1 Å². The van der Waals surface area contributed by atoms with Crippen LogP contribution in [0.1, 0.15) is 25.6 Å². The lowest BCUT2D eigenvalue weighted by Crippen LogP contribution is -2.38. The Morgan fingerprint density at radius 3 is 2.84 bits per heavy atom. The van der Waals surface area contributed by atoms with Crippen molar-refractivity contribution in [2.75, 3.05) is 46.6 Å². The average Bonchev–Trinajstić information content (AvgIpc) is 3.46. The topological polar surface area (TPSA) is 106 Å². The van der Waals surface area contributed by atoms with Crippen molar-refractivity contribution in [1.29, 1.82) is 0 Å². The molecule has 0 aliphatic carbocycles. The Balaban J connectivity index is 0.00000341. The van der Waals surface area contributed by atoms with Gasteiger partial charge in [-0.15, -0.1) is 24.0 Å². The number of ether oxygens (including phenoxy) is 3. The molecule has 9 nitrogen and oxygen atoms in total. The van der Waals surface area contributed by atoms with Gasteiger partial charge < -0.3 is 24.8 Å². The van der Waals surface area contributed by atoms with E-state index < -0.39 is 0 Å². The van der Waals surface area contributed by atoms with Crippen LogP contribution in [0.5, 0.6) is 5.75 Å². The molecule has 1 fully saturated rings. The summed E-state index contributed by atoms with van der Waals surface area (Å²) in [4.78, 5) is 9.11. The molecule has 3 N–H and O–H groups in total. The van der Waals surface area contributed by atoms with E-state index in [9.17, 15) is 0 Å². The SMILES string of the molecule is CCNC(=NCc1nc(-c2ccc(OC)cc2)n[nH]1)NCCCOCC1CCOC1.I. The van der Waals surface area contributed by atoms with Crippen molar-refractivity contribution in [2.24, 2.45) is 10.9 Å². The number of aromatic amines is 1. The highest BCUT2D eigenvalue weighted by atomic mass is 127. The van der Waals surface area contributed by atoms with Crippen LogP contribution >= 0.6 is 24.0 Å². The minimum absolute atomic E-state index is 0. The van der Waals surface area contributed by atoms with Crippen LogP contribution in [0.25, 0.3) is 11.4 Å². The molecule has 0 radical (unpaired) electrons. The van der Waals surface area contributed by atoms with Crippen LogP contribution in [0.4, 0.5) is 0 Å². The molecule has 0 bridgehead atoms. The number of nitrogens with one attached hydrogen (secondary N) is 3. The van der Waals surface area contributed by atoms with Crippen molar-refractivity contribution in [3.05, 3.63) is 30.1 Å². The number of hydrogen-bond donors (Lipinski definition) is 3. The van der Waals surface area contributed by atoms with Crippen molar-refractivity contribution in [1.82, 2.24) is 25.8 Å². The van der Waals surface area contributed by atoms with Crippen LogP contribution < -0.4 is 15.4 Å². The first-order valence-electron chi connectivity index (χ1n) is 10.5. The van der Waals surface area contributed by atoms with Crippen LogP contribution in [0.3, 0.4) is 0 Å². The zero-order chi connectivity index (χ0) is 21.0. The second-order valence-electron chi connectivity index (χ2n) is 7.11. The third kappa shape index (κ3) is 8.62. The number of nitrogens with zero attached hydrogens (tertiary/aromatic N) is 3. The number of benzene rings is 1. The van der Waals surface area contributed by atoms with Gasteiger partial charge in [0.05, 0.1) is 20.3 Å². The maximum Gasteiger partial charge on any atom is 0.191 e. The molecule has 2 aromatic rings. The van der Waals surface area contributed by atoms with Crippen molar-refractivity contribution >= 4 is 29.9 Å². The molecule has 0 spiro atoms. The minimum Gasteiger partial charge on any atom is -0.497 e. The Bertz CT molecular complexity index is 778. The van der Waals surface area contributed by atoms with Gasteiger partial charge in [-0.3, -0.25) is 5.10 Å². The standard InChI is InChI=1S/C21H32N6O3.HI/c1-3-22-21(23-10-4-11-29-14-16-9-12-30-15-16)24-13-19-25-20(27-26-19)17-5-7-18(28-2)8-6-17;/h5-8,16H,3-4,9-15H2,1-2H3,(H2,22,23,24)(H,25,26,27);1H. The van der Waals surface area contributed by atoms with Crippen LogP contribution in [-0.2, 0) is 16.0 Å². The van der Waals surface area contributed by atoms with Gasteiger partial charge in [0.25, 0.3) is 0 Å². The van der Waals surface area contributed by atoms with Crippen molar-refractivity contribution in [3.63, 3.8) is 0 Å².